The Morgan fingerprint density at radius 2 is 1.77 bits per heavy atom. The molecule has 1 aromatic carbocycles. The molecule has 2 aromatic rings. The Bertz CT molecular complexity index is 651. The minimum Gasteiger partial charge on any atom is -0.493 e. The molecule has 2 heterocycles. The second kappa shape index (κ2) is 9.07. The van der Waals surface area contributed by atoms with E-state index in [2.05, 4.69) is 17.0 Å². The molecule has 0 radical (unpaired) electrons. The summed E-state index contributed by atoms with van der Waals surface area (Å²) in [5.74, 6) is 2.31. The first-order valence-electron chi connectivity index (χ1n) is 8.94. The average Bonchev–Trinajstić information content (AvgIpc) is 3.09. The molecule has 1 atom stereocenters. The van der Waals surface area contributed by atoms with Crippen LogP contribution in [0.15, 0.2) is 34.9 Å². The highest BCUT2D eigenvalue weighted by Gasteiger charge is 2.19. The van der Waals surface area contributed by atoms with Gasteiger partial charge in [0, 0.05) is 19.6 Å². The maximum absolute atomic E-state index is 10.3. The molecule has 1 aliphatic heterocycles. The maximum Gasteiger partial charge on any atom is 0.161 e. The molecule has 6 nitrogen and oxygen atoms in total. The monoisotopic (exact) mass is 361 g/mol. The quantitative estimate of drug-likeness (QED) is 0.778. The van der Waals surface area contributed by atoms with Crippen molar-refractivity contribution in [2.24, 2.45) is 0 Å². The van der Waals surface area contributed by atoms with Gasteiger partial charge in [0.25, 0.3) is 0 Å². The van der Waals surface area contributed by atoms with Gasteiger partial charge in [-0.3, -0.25) is 0 Å². The van der Waals surface area contributed by atoms with Crippen molar-refractivity contribution >= 4 is 0 Å². The van der Waals surface area contributed by atoms with E-state index >= 15 is 0 Å². The lowest BCUT2D eigenvalue weighted by atomic mass is 10.0. The van der Waals surface area contributed by atoms with Crippen molar-refractivity contribution in [2.75, 3.05) is 40.5 Å². The number of aliphatic hydroxyl groups excluding tert-OH is 1. The van der Waals surface area contributed by atoms with Gasteiger partial charge in [0.05, 0.1) is 33.2 Å². The number of aliphatic hydroxyl groups is 1. The van der Waals surface area contributed by atoms with Crippen molar-refractivity contribution < 1.29 is 23.7 Å². The van der Waals surface area contributed by atoms with Crippen LogP contribution in [-0.4, -0.2) is 56.6 Å². The highest BCUT2D eigenvalue weighted by molar-refractivity contribution is 5.48. The number of rotatable bonds is 8. The number of ether oxygens (including phenoxy) is 3. The van der Waals surface area contributed by atoms with E-state index in [1.54, 1.807) is 20.5 Å². The SMILES string of the molecule is COc1cc2c(cc1OC)CCN(CC(O)COCc1ccco1)CC2. The van der Waals surface area contributed by atoms with E-state index in [4.69, 9.17) is 18.6 Å². The third-order valence-corrected chi connectivity index (χ3v) is 4.70. The first-order valence-corrected chi connectivity index (χ1v) is 8.94. The van der Waals surface area contributed by atoms with Crippen LogP contribution < -0.4 is 9.47 Å². The van der Waals surface area contributed by atoms with Gasteiger partial charge in [-0.25, -0.2) is 0 Å². The number of β-amino-alcohol motifs (C(OH)–C–C–N with tert-alkyl or cyclic N) is 1. The fraction of sp³-hybridized carbons (Fsp3) is 0.500. The Morgan fingerprint density at radius 3 is 2.31 bits per heavy atom. The zero-order valence-corrected chi connectivity index (χ0v) is 15.4. The molecule has 0 bridgehead atoms. The lowest BCUT2D eigenvalue weighted by Crippen LogP contribution is -2.36. The highest BCUT2D eigenvalue weighted by Crippen LogP contribution is 2.32. The lowest BCUT2D eigenvalue weighted by molar-refractivity contribution is 0.00569. The Labute approximate surface area is 154 Å². The average molecular weight is 361 g/mol. The molecule has 26 heavy (non-hydrogen) atoms. The molecule has 1 unspecified atom stereocenters. The molecule has 1 aliphatic rings. The van der Waals surface area contributed by atoms with Gasteiger partial charge in [-0.15, -0.1) is 0 Å². The van der Waals surface area contributed by atoms with Crippen LogP contribution in [0.4, 0.5) is 0 Å². The maximum atomic E-state index is 10.3. The van der Waals surface area contributed by atoms with Crippen LogP contribution in [0.1, 0.15) is 16.9 Å². The third kappa shape index (κ3) is 4.78. The Morgan fingerprint density at radius 1 is 1.12 bits per heavy atom. The number of benzene rings is 1. The second-order valence-electron chi connectivity index (χ2n) is 6.52. The summed E-state index contributed by atoms with van der Waals surface area (Å²) in [5, 5.41) is 10.3. The Kier molecular flexibility index (Phi) is 6.55. The van der Waals surface area contributed by atoms with Crippen molar-refractivity contribution in [3.05, 3.63) is 47.4 Å². The number of methoxy groups -OCH3 is 2. The summed E-state index contributed by atoms with van der Waals surface area (Å²) >= 11 is 0. The Hall–Kier alpha value is -2.02. The summed E-state index contributed by atoms with van der Waals surface area (Å²) < 4.78 is 21.6. The van der Waals surface area contributed by atoms with Crippen molar-refractivity contribution in [1.82, 2.24) is 4.90 Å². The lowest BCUT2D eigenvalue weighted by Gasteiger charge is -2.23. The molecule has 3 rings (SSSR count). The molecular weight excluding hydrogens is 334 g/mol. The predicted molar refractivity (Wildman–Crippen MR) is 97.8 cm³/mol. The summed E-state index contributed by atoms with van der Waals surface area (Å²) in [5.41, 5.74) is 2.57. The zero-order valence-electron chi connectivity index (χ0n) is 15.4. The molecule has 0 saturated carbocycles. The Balaban J connectivity index is 1.50. The van der Waals surface area contributed by atoms with Gasteiger partial charge in [-0.1, -0.05) is 0 Å². The van der Waals surface area contributed by atoms with Gasteiger partial charge in [-0.2, -0.15) is 0 Å². The van der Waals surface area contributed by atoms with E-state index in [9.17, 15) is 5.11 Å². The largest absolute Gasteiger partial charge is 0.493 e. The molecule has 6 heteroatoms. The molecule has 1 N–H and O–H groups in total. The number of fused-ring (bicyclic) bond motifs is 1. The number of nitrogens with zero attached hydrogens (tertiary/aromatic N) is 1. The van der Waals surface area contributed by atoms with Gasteiger partial charge in [0.1, 0.15) is 12.4 Å². The van der Waals surface area contributed by atoms with Crippen molar-refractivity contribution in [1.29, 1.82) is 0 Å². The van der Waals surface area contributed by atoms with Gasteiger partial charge < -0.3 is 28.6 Å². The van der Waals surface area contributed by atoms with Crippen molar-refractivity contribution in [3.8, 4) is 11.5 Å². The molecule has 142 valence electrons. The summed E-state index contributed by atoms with van der Waals surface area (Å²) in [6.45, 7) is 3.08. The highest BCUT2D eigenvalue weighted by atomic mass is 16.5. The number of furan rings is 1. The van der Waals surface area contributed by atoms with Gasteiger partial charge in [0.15, 0.2) is 11.5 Å². The van der Waals surface area contributed by atoms with Crippen LogP contribution in [0.25, 0.3) is 0 Å². The number of hydrogen-bond donors (Lipinski definition) is 1. The van der Waals surface area contributed by atoms with Crippen LogP contribution in [0.2, 0.25) is 0 Å². The van der Waals surface area contributed by atoms with Crippen molar-refractivity contribution in [2.45, 2.75) is 25.6 Å². The second-order valence-corrected chi connectivity index (χ2v) is 6.52. The summed E-state index contributed by atoms with van der Waals surface area (Å²) in [6.07, 6.45) is 2.95. The molecule has 0 amide bonds. The topological polar surface area (TPSA) is 64.3 Å². The minimum atomic E-state index is -0.518. The molecule has 0 aliphatic carbocycles. The first-order chi connectivity index (χ1) is 12.7. The van der Waals surface area contributed by atoms with Crippen LogP contribution in [0.5, 0.6) is 11.5 Å². The van der Waals surface area contributed by atoms with Crippen LogP contribution in [-0.2, 0) is 24.2 Å². The fourth-order valence-electron chi connectivity index (χ4n) is 3.32. The molecule has 0 spiro atoms. The normalized spacial score (nSPS) is 16.0. The number of hydrogen-bond acceptors (Lipinski definition) is 6. The summed E-state index contributed by atoms with van der Waals surface area (Å²) in [6, 6.07) is 7.83. The summed E-state index contributed by atoms with van der Waals surface area (Å²) in [7, 11) is 3.32. The van der Waals surface area contributed by atoms with Crippen molar-refractivity contribution in [3.63, 3.8) is 0 Å². The predicted octanol–water partition coefficient (Wildman–Crippen LogP) is 2.28. The summed E-state index contributed by atoms with van der Waals surface area (Å²) in [4.78, 5) is 2.28. The van der Waals surface area contributed by atoms with E-state index in [-0.39, 0.29) is 0 Å². The van der Waals surface area contributed by atoms with E-state index in [0.717, 1.165) is 43.2 Å². The van der Waals surface area contributed by atoms with Crippen LogP contribution >= 0.6 is 0 Å². The van der Waals surface area contributed by atoms with Gasteiger partial charge >= 0.3 is 0 Å². The minimum absolute atomic E-state index is 0.297. The smallest absolute Gasteiger partial charge is 0.161 e. The third-order valence-electron chi connectivity index (χ3n) is 4.70. The molecular formula is C20H27NO5. The first kappa shape index (κ1) is 18.8. The van der Waals surface area contributed by atoms with E-state index in [0.29, 0.717) is 19.8 Å². The molecule has 0 saturated heterocycles. The zero-order chi connectivity index (χ0) is 18.4. The van der Waals surface area contributed by atoms with E-state index in [1.807, 2.05) is 12.1 Å². The van der Waals surface area contributed by atoms with E-state index < -0.39 is 6.10 Å². The van der Waals surface area contributed by atoms with Gasteiger partial charge in [-0.05, 0) is 48.2 Å². The molecule has 1 aromatic heterocycles. The fourth-order valence-corrected chi connectivity index (χ4v) is 3.32. The van der Waals surface area contributed by atoms with E-state index in [1.165, 1.54) is 11.1 Å². The van der Waals surface area contributed by atoms with Gasteiger partial charge in [0.2, 0.25) is 0 Å². The molecule has 0 fully saturated rings. The van der Waals surface area contributed by atoms with Crippen LogP contribution in [0.3, 0.4) is 0 Å². The standard InChI is InChI=1S/C20H27NO5/c1-23-19-10-15-5-7-21(8-6-16(15)11-20(19)24-2)12-17(22)13-25-14-18-4-3-9-26-18/h3-4,9-11,17,22H,5-8,12-14H2,1-2H3. The van der Waals surface area contributed by atoms with Crippen LogP contribution in [0, 0.1) is 0 Å².